The van der Waals surface area contributed by atoms with E-state index < -0.39 is 118 Å². The smallest absolute Gasteiger partial charge is 0.343 e. The molecule has 5 rings (SSSR count). The fraction of sp³-hybridized carbons (Fsp3) is 0.407. The molecule has 238 valence electrons. The van der Waals surface area contributed by atoms with Gasteiger partial charge < -0.3 is 74.4 Å². The number of carbonyl (C=O) groups excluding carboxylic acids is 1. The lowest BCUT2D eigenvalue weighted by Gasteiger charge is -2.38. The van der Waals surface area contributed by atoms with Gasteiger partial charge in [-0.15, -0.1) is 0 Å². The SMILES string of the molecule is CC1OC(Oc2c(-c3ccc(O)c(O)c3)oc3cc(OC(=O)C4OC(O)C(O)C(O)C4O)cc(O)c3c2=O)C(O)C(O)C1O. The molecule has 0 amide bonds. The van der Waals surface area contributed by atoms with Crippen molar-refractivity contribution in [1.29, 1.82) is 0 Å². The Hall–Kier alpha value is -4.04. The summed E-state index contributed by atoms with van der Waals surface area (Å²) in [7, 11) is 0. The van der Waals surface area contributed by atoms with Crippen molar-refractivity contribution in [2.45, 2.75) is 68.3 Å². The largest absolute Gasteiger partial charge is 0.507 e. The number of aromatic hydroxyl groups is 3. The average Bonchev–Trinajstić information content (AvgIpc) is 2.97. The first-order chi connectivity index (χ1) is 20.7. The Balaban J connectivity index is 1.57. The first kappa shape index (κ1) is 31.4. The maximum Gasteiger partial charge on any atom is 0.343 e. The molecular weight excluding hydrogens is 596 g/mol. The van der Waals surface area contributed by atoms with E-state index in [1.807, 2.05) is 0 Å². The number of benzene rings is 2. The zero-order valence-electron chi connectivity index (χ0n) is 22.5. The average molecular weight is 625 g/mol. The van der Waals surface area contributed by atoms with Crippen molar-refractivity contribution in [2.75, 3.05) is 0 Å². The lowest BCUT2D eigenvalue weighted by atomic mass is 9.99. The maximum absolute atomic E-state index is 13.7. The molecule has 2 saturated heterocycles. The van der Waals surface area contributed by atoms with Gasteiger partial charge in [0.05, 0.1) is 6.10 Å². The second-order valence-electron chi connectivity index (χ2n) is 10.2. The molecule has 0 spiro atoms. The van der Waals surface area contributed by atoms with Gasteiger partial charge >= 0.3 is 5.97 Å². The summed E-state index contributed by atoms with van der Waals surface area (Å²) in [5.74, 6) is -4.97. The molecule has 10 atom stereocenters. The monoisotopic (exact) mass is 624 g/mol. The molecule has 1 aromatic heterocycles. The van der Waals surface area contributed by atoms with Crippen LogP contribution in [0.4, 0.5) is 0 Å². The van der Waals surface area contributed by atoms with Crippen LogP contribution in [0.25, 0.3) is 22.3 Å². The van der Waals surface area contributed by atoms with E-state index in [0.29, 0.717) is 0 Å². The van der Waals surface area contributed by atoms with Crippen LogP contribution in [0.1, 0.15) is 6.92 Å². The number of carbonyl (C=O) groups is 1. The second-order valence-corrected chi connectivity index (χ2v) is 10.2. The van der Waals surface area contributed by atoms with Crippen molar-refractivity contribution in [1.82, 2.24) is 0 Å². The third kappa shape index (κ3) is 5.52. The topological polar surface area (TPSA) is 286 Å². The summed E-state index contributed by atoms with van der Waals surface area (Å²) in [5.41, 5.74) is -1.57. The fourth-order valence-electron chi connectivity index (χ4n) is 4.74. The number of aliphatic hydroxyl groups excluding tert-OH is 7. The van der Waals surface area contributed by atoms with Gasteiger partial charge in [-0.25, -0.2) is 4.79 Å². The van der Waals surface area contributed by atoms with E-state index in [4.69, 9.17) is 23.4 Å². The highest BCUT2D eigenvalue weighted by Gasteiger charge is 2.47. The number of fused-ring (bicyclic) bond motifs is 1. The van der Waals surface area contributed by atoms with E-state index in [9.17, 15) is 60.7 Å². The van der Waals surface area contributed by atoms with Gasteiger partial charge in [0.15, 0.2) is 29.7 Å². The van der Waals surface area contributed by atoms with E-state index in [-0.39, 0.29) is 5.56 Å². The summed E-state index contributed by atoms with van der Waals surface area (Å²) in [6.07, 6.45) is -17.8. The Morgan fingerprint density at radius 1 is 0.773 bits per heavy atom. The number of hydrogen-bond donors (Lipinski definition) is 10. The highest BCUT2D eigenvalue weighted by molar-refractivity contribution is 5.89. The van der Waals surface area contributed by atoms with Gasteiger partial charge in [-0.1, -0.05) is 0 Å². The Kier molecular flexibility index (Phi) is 8.42. The minimum Gasteiger partial charge on any atom is -0.507 e. The molecule has 44 heavy (non-hydrogen) atoms. The number of phenols is 3. The lowest BCUT2D eigenvalue weighted by Crippen LogP contribution is -2.60. The number of aliphatic hydroxyl groups is 7. The fourth-order valence-corrected chi connectivity index (χ4v) is 4.74. The van der Waals surface area contributed by atoms with E-state index in [0.717, 1.165) is 24.3 Å². The summed E-state index contributed by atoms with van der Waals surface area (Å²) in [6.45, 7) is 1.37. The molecule has 2 aromatic carbocycles. The molecule has 0 aliphatic carbocycles. The van der Waals surface area contributed by atoms with Crippen LogP contribution in [0.3, 0.4) is 0 Å². The van der Waals surface area contributed by atoms with Crippen LogP contribution in [-0.2, 0) is 14.3 Å². The van der Waals surface area contributed by atoms with Gasteiger partial charge in [0.1, 0.15) is 59.1 Å². The lowest BCUT2D eigenvalue weighted by molar-refractivity contribution is -0.279. The highest BCUT2D eigenvalue weighted by Crippen LogP contribution is 2.39. The van der Waals surface area contributed by atoms with Crippen LogP contribution < -0.4 is 14.9 Å². The quantitative estimate of drug-likeness (QED) is 0.0796. The normalized spacial score (nSPS) is 32.4. The zero-order chi connectivity index (χ0) is 32.2. The second kappa shape index (κ2) is 11.8. The molecule has 0 bridgehead atoms. The van der Waals surface area contributed by atoms with E-state index in [1.165, 1.54) is 13.0 Å². The van der Waals surface area contributed by atoms with Crippen LogP contribution in [0, 0.1) is 0 Å². The molecule has 0 saturated carbocycles. The molecule has 2 aliphatic rings. The molecule has 2 aliphatic heterocycles. The van der Waals surface area contributed by atoms with Crippen LogP contribution in [-0.4, -0.2) is 118 Å². The number of phenolic OH excluding ortho intramolecular Hbond substituents is 3. The molecule has 10 unspecified atom stereocenters. The maximum atomic E-state index is 13.7. The Morgan fingerprint density at radius 2 is 1.45 bits per heavy atom. The van der Waals surface area contributed by atoms with Crippen molar-refractivity contribution in [2.24, 2.45) is 0 Å². The van der Waals surface area contributed by atoms with Gasteiger partial charge in [-0.2, -0.15) is 0 Å². The molecule has 3 aromatic rings. The van der Waals surface area contributed by atoms with Gasteiger partial charge in [0.25, 0.3) is 0 Å². The number of ether oxygens (including phenoxy) is 4. The van der Waals surface area contributed by atoms with Crippen molar-refractivity contribution in [3.8, 4) is 40.1 Å². The summed E-state index contributed by atoms with van der Waals surface area (Å²) in [4.78, 5) is 26.4. The molecule has 10 N–H and O–H groups in total. The molecule has 17 nitrogen and oxygen atoms in total. The summed E-state index contributed by atoms with van der Waals surface area (Å²) in [6, 6.07) is 5.02. The summed E-state index contributed by atoms with van der Waals surface area (Å²) in [5, 5.41) is 100.0. The van der Waals surface area contributed by atoms with Gasteiger partial charge in [0, 0.05) is 17.7 Å². The van der Waals surface area contributed by atoms with Crippen LogP contribution in [0.2, 0.25) is 0 Å². The van der Waals surface area contributed by atoms with Crippen LogP contribution >= 0.6 is 0 Å². The Labute approximate surface area is 245 Å². The number of rotatable bonds is 5. The molecule has 17 heteroatoms. The Morgan fingerprint density at radius 3 is 2.14 bits per heavy atom. The summed E-state index contributed by atoms with van der Waals surface area (Å²) < 4.78 is 26.8. The van der Waals surface area contributed by atoms with Gasteiger partial charge in [0.2, 0.25) is 17.5 Å². The Bertz CT molecular complexity index is 1620. The predicted octanol–water partition coefficient (Wildman–Crippen LogP) is -2.51. The van der Waals surface area contributed by atoms with Crippen molar-refractivity contribution >= 4 is 16.9 Å². The van der Waals surface area contributed by atoms with Crippen molar-refractivity contribution in [3.63, 3.8) is 0 Å². The third-order valence-corrected chi connectivity index (χ3v) is 7.23. The number of hydrogen-bond acceptors (Lipinski definition) is 17. The molecule has 0 radical (unpaired) electrons. The van der Waals surface area contributed by atoms with Crippen LogP contribution in [0.5, 0.6) is 28.7 Å². The van der Waals surface area contributed by atoms with E-state index >= 15 is 0 Å². The minimum absolute atomic E-state index is 0.0737. The standard InChI is InChI=1S/C27H28O17/c1-7-15(31)17(33)21(37)27(40-7)44-23-16(32)14-12(30)5-9(41-26(39)24-19(35)18(34)20(36)25(38)43-24)6-13(14)42-22(23)8-2-3-10(28)11(29)4-8/h2-7,15,17-21,24-25,27-31,33-38H,1H3. The predicted molar refractivity (Wildman–Crippen MR) is 140 cm³/mol. The van der Waals surface area contributed by atoms with Crippen LogP contribution in [0.15, 0.2) is 39.5 Å². The molecular formula is C27H28O17. The van der Waals surface area contributed by atoms with Gasteiger partial charge in [-0.3, -0.25) is 4.79 Å². The molecule has 2 fully saturated rings. The van der Waals surface area contributed by atoms with E-state index in [2.05, 4.69) is 0 Å². The summed E-state index contributed by atoms with van der Waals surface area (Å²) >= 11 is 0. The first-order valence-corrected chi connectivity index (χ1v) is 13.0. The minimum atomic E-state index is -2.05. The van der Waals surface area contributed by atoms with Crippen molar-refractivity contribution < 1.29 is 79.2 Å². The zero-order valence-corrected chi connectivity index (χ0v) is 22.5. The highest BCUT2D eigenvalue weighted by atomic mass is 16.7. The number of esters is 1. The third-order valence-electron chi connectivity index (χ3n) is 7.23. The molecule has 3 heterocycles. The van der Waals surface area contributed by atoms with Crippen molar-refractivity contribution in [3.05, 3.63) is 40.6 Å². The van der Waals surface area contributed by atoms with E-state index in [1.54, 1.807) is 0 Å². The first-order valence-electron chi connectivity index (χ1n) is 13.0. The van der Waals surface area contributed by atoms with Gasteiger partial charge in [-0.05, 0) is 25.1 Å².